The summed E-state index contributed by atoms with van der Waals surface area (Å²) < 4.78 is 5.04. The number of anilines is 1. The Bertz CT molecular complexity index is 695. The van der Waals surface area contributed by atoms with E-state index < -0.39 is 0 Å². The lowest BCUT2D eigenvalue weighted by atomic mass is 10.1. The lowest BCUT2D eigenvalue weighted by Gasteiger charge is -2.05. The zero-order chi connectivity index (χ0) is 14.5. The molecule has 20 heavy (non-hydrogen) atoms. The first-order valence-electron chi connectivity index (χ1n) is 5.96. The Morgan fingerprint density at radius 1 is 1.40 bits per heavy atom. The molecule has 2 rings (SSSR count). The molecule has 0 bridgehead atoms. The van der Waals surface area contributed by atoms with Gasteiger partial charge in [-0.25, -0.2) is 0 Å². The van der Waals surface area contributed by atoms with Crippen molar-refractivity contribution in [3.63, 3.8) is 0 Å². The van der Waals surface area contributed by atoms with Gasteiger partial charge < -0.3 is 15.5 Å². The fourth-order valence-corrected chi connectivity index (χ4v) is 1.80. The van der Waals surface area contributed by atoms with Crippen LogP contribution in [0.5, 0.6) is 0 Å². The summed E-state index contributed by atoms with van der Waals surface area (Å²) >= 11 is 5.63. The summed E-state index contributed by atoms with van der Waals surface area (Å²) in [7, 11) is 0. The summed E-state index contributed by atoms with van der Waals surface area (Å²) in [6.45, 7) is 2.23. The molecule has 0 unspecified atom stereocenters. The first-order valence-corrected chi connectivity index (χ1v) is 6.34. The third kappa shape index (κ3) is 3.41. The van der Waals surface area contributed by atoms with Crippen LogP contribution in [-0.4, -0.2) is 12.5 Å². The highest BCUT2D eigenvalue weighted by atomic mass is 35.5. The summed E-state index contributed by atoms with van der Waals surface area (Å²) in [6, 6.07) is 8.49. The monoisotopic (exact) mass is 288 g/mol. The number of benzene rings is 1. The molecule has 5 heteroatoms. The van der Waals surface area contributed by atoms with Crippen LogP contribution >= 0.6 is 11.6 Å². The van der Waals surface area contributed by atoms with Gasteiger partial charge in [-0.2, -0.15) is 0 Å². The summed E-state index contributed by atoms with van der Waals surface area (Å²) in [6.07, 6.45) is 0. The highest BCUT2D eigenvalue weighted by Crippen LogP contribution is 2.17. The van der Waals surface area contributed by atoms with Crippen molar-refractivity contribution in [3.8, 4) is 11.8 Å². The van der Waals surface area contributed by atoms with Gasteiger partial charge in [0, 0.05) is 11.3 Å². The molecule has 2 aromatic rings. The molecule has 0 saturated heterocycles. The van der Waals surface area contributed by atoms with Gasteiger partial charge in [0.2, 0.25) is 0 Å². The number of amides is 1. The van der Waals surface area contributed by atoms with Crippen LogP contribution in [0, 0.1) is 18.8 Å². The van der Waals surface area contributed by atoms with E-state index in [4.69, 9.17) is 21.8 Å². The molecule has 1 heterocycles. The normalized spacial score (nSPS) is 9.75. The van der Waals surface area contributed by atoms with E-state index in [0.29, 0.717) is 12.2 Å². The minimum atomic E-state index is -0.350. The number of carbonyl (C=O) groups is 1. The van der Waals surface area contributed by atoms with Gasteiger partial charge in [-0.15, -0.1) is 0 Å². The maximum Gasteiger partial charge on any atom is 0.291 e. The standard InChI is InChI=1S/C15H13ClN2O2/c1-10-9-12(5-4-11(10)3-2-8-17)18-15(19)13-6-7-14(16)20-13/h4-7,9H,8,17H2,1H3,(H,18,19). The molecule has 0 aliphatic heterocycles. The molecule has 1 aromatic carbocycles. The van der Waals surface area contributed by atoms with Crippen LogP contribution in [0.3, 0.4) is 0 Å². The molecule has 1 aromatic heterocycles. The highest BCUT2D eigenvalue weighted by molar-refractivity contribution is 6.29. The van der Waals surface area contributed by atoms with Crippen molar-refractivity contribution in [2.75, 3.05) is 11.9 Å². The minimum absolute atomic E-state index is 0.166. The molecule has 0 radical (unpaired) electrons. The molecule has 3 N–H and O–H groups in total. The van der Waals surface area contributed by atoms with Crippen LogP contribution in [0.4, 0.5) is 5.69 Å². The summed E-state index contributed by atoms with van der Waals surface area (Å²) in [5.41, 5.74) is 7.85. The number of aryl methyl sites for hydroxylation is 1. The quantitative estimate of drug-likeness (QED) is 0.835. The van der Waals surface area contributed by atoms with E-state index in [2.05, 4.69) is 17.2 Å². The Hall–Kier alpha value is -2.22. The third-order valence-electron chi connectivity index (χ3n) is 2.61. The van der Waals surface area contributed by atoms with E-state index in [1.165, 1.54) is 12.1 Å². The van der Waals surface area contributed by atoms with Crippen LogP contribution < -0.4 is 11.1 Å². The minimum Gasteiger partial charge on any atom is -0.440 e. The second kappa shape index (κ2) is 6.29. The molecule has 102 valence electrons. The second-order valence-corrected chi connectivity index (χ2v) is 4.47. The molecule has 1 amide bonds. The van der Waals surface area contributed by atoms with Gasteiger partial charge in [-0.3, -0.25) is 4.79 Å². The van der Waals surface area contributed by atoms with Gasteiger partial charge in [0.1, 0.15) is 0 Å². The fourth-order valence-electron chi connectivity index (χ4n) is 1.66. The molecule has 0 aliphatic rings. The summed E-state index contributed by atoms with van der Waals surface area (Å²) in [5.74, 6) is 5.58. The van der Waals surface area contributed by atoms with Crippen LogP contribution in [0.2, 0.25) is 5.22 Å². The number of hydrogen-bond acceptors (Lipinski definition) is 3. The number of carbonyl (C=O) groups excluding carboxylic acids is 1. The Morgan fingerprint density at radius 3 is 2.80 bits per heavy atom. The highest BCUT2D eigenvalue weighted by Gasteiger charge is 2.11. The van der Waals surface area contributed by atoms with Crippen molar-refractivity contribution in [3.05, 3.63) is 52.4 Å². The van der Waals surface area contributed by atoms with E-state index in [9.17, 15) is 4.79 Å². The third-order valence-corrected chi connectivity index (χ3v) is 2.81. The molecule has 0 fully saturated rings. The smallest absolute Gasteiger partial charge is 0.291 e. The van der Waals surface area contributed by atoms with Crippen molar-refractivity contribution < 1.29 is 9.21 Å². The molecule has 0 atom stereocenters. The summed E-state index contributed by atoms with van der Waals surface area (Å²) in [5, 5.41) is 2.91. The van der Waals surface area contributed by atoms with Crippen LogP contribution in [0.15, 0.2) is 34.7 Å². The van der Waals surface area contributed by atoms with Gasteiger partial charge in [-0.05, 0) is 54.4 Å². The largest absolute Gasteiger partial charge is 0.440 e. The van der Waals surface area contributed by atoms with Crippen molar-refractivity contribution in [2.24, 2.45) is 5.73 Å². The van der Waals surface area contributed by atoms with E-state index in [0.717, 1.165) is 11.1 Å². The first-order chi connectivity index (χ1) is 9.60. The fraction of sp³-hybridized carbons (Fsp3) is 0.133. The topological polar surface area (TPSA) is 68.3 Å². The van der Waals surface area contributed by atoms with E-state index in [1.54, 1.807) is 6.07 Å². The van der Waals surface area contributed by atoms with Crippen molar-refractivity contribution in [1.82, 2.24) is 0 Å². The first kappa shape index (κ1) is 14.2. The van der Waals surface area contributed by atoms with Gasteiger partial charge in [0.05, 0.1) is 6.54 Å². The Morgan fingerprint density at radius 2 is 2.20 bits per heavy atom. The maximum atomic E-state index is 11.9. The Labute approximate surface area is 121 Å². The lowest BCUT2D eigenvalue weighted by molar-refractivity contribution is 0.0997. The number of nitrogens with one attached hydrogen (secondary N) is 1. The number of furan rings is 1. The van der Waals surface area contributed by atoms with Gasteiger partial charge in [-0.1, -0.05) is 11.8 Å². The SMILES string of the molecule is Cc1cc(NC(=O)c2ccc(Cl)o2)ccc1C#CCN. The Balaban J connectivity index is 2.14. The van der Waals surface area contributed by atoms with E-state index >= 15 is 0 Å². The molecule has 0 saturated carbocycles. The Kier molecular flexibility index (Phi) is 4.46. The average molecular weight is 289 g/mol. The van der Waals surface area contributed by atoms with Gasteiger partial charge in [0.25, 0.3) is 5.91 Å². The van der Waals surface area contributed by atoms with E-state index in [1.807, 2.05) is 19.1 Å². The van der Waals surface area contributed by atoms with E-state index in [-0.39, 0.29) is 16.9 Å². The molecule has 0 aliphatic carbocycles. The predicted octanol–water partition coefficient (Wildman–Crippen LogP) is 2.80. The maximum absolute atomic E-state index is 11.9. The lowest BCUT2D eigenvalue weighted by Crippen LogP contribution is -2.11. The van der Waals surface area contributed by atoms with Crippen LogP contribution in [0.1, 0.15) is 21.7 Å². The average Bonchev–Trinajstić information content (AvgIpc) is 2.85. The number of rotatable bonds is 2. The number of nitrogens with two attached hydrogens (primary N) is 1. The molecule has 0 spiro atoms. The number of hydrogen-bond donors (Lipinski definition) is 2. The summed E-state index contributed by atoms with van der Waals surface area (Å²) in [4.78, 5) is 11.9. The number of halogens is 1. The zero-order valence-corrected chi connectivity index (χ0v) is 11.6. The van der Waals surface area contributed by atoms with Gasteiger partial charge in [0.15, 0.2) is 11.0 Å². The molecule has 4 nitrogen and oxygen atoms in total. The van der Waals surface area contributed by atoms with Crippen LogP contribution in [0.25, 0.3) is 0 Å². The van der Waals surface area contributed by atoms with Gasteiger partial charge >= 0.3 is 0 Å². The zero-order valence-electron chi connectivity index (χ0n) is 10.9. The predicted molar refractivity (Wildman–Crippen MR) is 78.8 cm³/mol. The van der Waals surface area contributed by atoms with Crippen molar-refractivity contribution >= 4 is 23.2 Å². The second-order valence-electron chi connectivity index (χ2n) is 4.09. The molecular formula is C15H13ClN2O2. The molecular weight excluding hydrogens is 276 g/mol. The van der Waals surface area contributed by atoms with Crippen molar-refractivity contribution in [1.29, 1.82) is 0 Å². The van der Waals surface area contributed by atoms with Crippen LogP contribution in [-0.2, 0) is 0 Å². The van der Waals surface area contributed by atoms with Crippen molar-refractivity contribution in [2.45, 2.75) is 6.92 Å².